The number of hydrogen-bond donors (Lipinski definition) is 2. The lowest BCUT2D eigenvalue weighted by molar-refractivity contribution is 0.156. The first-order valence-corrected chi connectivity index (χ1v) is 11.6. The summed E-state index contributed by atoms with van der Waals surface area (Å²) < 4.78 is 52.9. The van der Waals surface area contributed by atoms with E-state index >= 15 is 0 Å². The third kappa shape index (κ3) is 5.97. The molecule has 2 heterocycles. The number of hydrogen-bond acceptors (Lipinski definition) is 6. The van der Waals surface area contributed by atoms with Crippen molar-refractivity contribution in [3.63, 3.8) is 0 Å². The molecule has 1 saturated heterocycles. The molecule has 1 aliphatic rings. The third-order valence-electron chi connectivity index (χ3n) is 4.40. The van der Waals surface area contributed by atoms with Crippen molar-refractivity contribution in [3.8, 4) is 11.6 Å². The van der Waals surface area contributed by atoms with Crippen LogP contribution in [0.15, 0.2) is 24.4 Å². The van der Waals surface area contributed by atoms with E-state index in [1.165, 1.54) is 12.3 Å². The van der Waals surface area contributed by atoms with E-state index in [0.29, 0.717) is 24.4 Å². The monoisotopic (exact) mass is 493 g/mol. The van der Waals surface area contributed by atoms with Gasteiger partial charge in [0.25, 0.3) is 10.2 Å². The van der Waals surface area contributed by atoms with Crippen molar-refractivity contribution >= 4 is 33.4 Å². The second-order valence-corrected chi connectivity index (χ2v) is 9.67. The molecular formula is C19H22Cl2FN3O5S. The summed E-state index contributed by atoms with van der Waals surface area (Å²) in [5, 5.41) is 10.5. The number of nitrogens with one attached hydrogen (secondary N) is 1. The molecule has 8 nitrogen and oxygen atoms in total. The Morgan fingerprint density at radius 2 is 1.97 bits per heavy atom. The van der Waals surface area contributed by atoms with Gasteiger partial charge in [0.2, 0.25) is 5.88 Å². The molecule has 12 heteroatoms. The van der Waals surface area contributed by atoms with Gasteiger partial charge in [0, 0.05) is 35.3 Å². The number of aliphatic hydroxyl groups excluding tert-OH is 1. The van der Waals surface area contributed by atoms with Crippen LogP contribution in [0, 0.1) is 5.82 Å². The Labute approximate surface area is 190 Å². The molecule has 3 rings (SSSR count). The highest BCUT2D eigenvalue weighted by Gasteiger charge is 2.30. The number of pyridine rings is 1. The molecule has 1 aromatic heterocycles. The smallest absolute Gasteiger partial charge is 0.281 e. The maximum absolute atomic E-state index is 14.5. The lowest BCUT2D eigenvalue weighted by Gasteiger charge is -2.30. The van der Waals surface area contributed by atoms with Crippen molar-refractivity contribution in [1.82, 2.24) is 14.0 Å². The van der Waals surface area contributed by atoms with E-state index in [1.807, 2.05) is 18.6 Å². The molecule has 1 atom stereocenters. The highest BCUT2D eigenvalue weighted by atomic mass is 35.5. The van der Waals surface area contributed by atoms with Crippen LogP contribution in [0.25, 0.3) is 0 Å². The van der Waals surface area contributed by atoms with Crippen LogP contribution in [-0.2, 0) is 16.8 Å². The number of nitrogens with zero attached hydrogens (tertiary/aromatic N) is 2. The normalized spacial score (nSPS) is 15.6. The molecule has 31 heavy (non-hydrogen) atoms. The van der Waals surface area contributed by atoms with Crippen molar-refractivity contribution in [2.75, 3.05) is 13.1 Å². The quantitative estimate of drug-likeness (QED) is 0.519. The van der Waals surface area contributed by atoms with Crippen LogP contribution in [0.1, 0.15) is 37.6 Å². The zero-order chi connectivity index (χ0) is 22.8. The summed E-state index contributed by atoms with van der Waals surface area (Å²) >= 11 is 12.3. The molecular weight excluding hydrogens is 472 g/mol. The van der Waals surface area contributed by atoms with E-state index in [-0.39, 0.29) is 34.2 Å². The molecule has 0 aliphatic carbocycles. The Bertz CT molecular complexity index is 1050. The minimum absolute atomic E-state index is 0.0946. The van der Waals surface area contributed by atoms with E-state index in [2.05, 4.69) is 4.98 Å². The number of ether oxygens (including phenoxy) is 2. The van der Waals surface area contributed by atoms with E-state index in [1.54, 1.807) is 0 Å². The van der Waals surface area contributed by atoms with Gasteiger partial charge >= 0.3 is 0 Å². The maximum Gasteiger partial charge on any atom is 0.281 e. The molecule has 0 spiro atoms. The van der Waals surface area contributed by atoms with Gasteiger partial charge in [-0.15, -0.1) is 0 Å². The zero-order valence-corrected chi connectivity index (χ0v) is 19.1. The largest absolute Gasteiger partial charge is 0.487 e. The topological polar surface area (TPSA) is 101 Å². The van der Waals surface area contributed by atoms with Gasteiger partial charge in [-0.1, -0.05) is 23.2 Å². The highest BCUT2D eigenvalue weighted by Crippen LogP contribution is 2.29. The van der Waals surface area contributed by atoms with E-state index in [4.69, 9.17) is 32.7 Å². The van der Waals surface area contributed by atoms with Gasteiger partial charge in [-0.2, -0.15) is 17.4 Å². The maximum atomic E-state index is 14.5. The Morgan fingerprint density at radius 3 is 2.55 bits per heavy atom. The van der Waals surface area contributed by atoms with Crippen molar-refractivity contribution in [1.29, 1.82) is 0 Å². The summed E-state index contributed by atoms with van der Waals surface area (Å²) in [5.41, 5.74) is -0.00269. The minimum Gasteiger partial charge on any atom is -0.487 e. The van der Waals surface area contributed by atoms with Crippen LogP contribution in [0.3, 0.4) is 0 Å². The molecule has 1 unspecified atom stereocenters. The number of aromatic nitrogens is 1. The molecule has 1 fully saturated rings. The fourth-order valence-electron chi connectivity index (χ4n) is 2.69. The van der Waals surface area contributed by atoms with Gasteiger partial charge in [-0.3, -0.25) is 0 Å². The lowest BCUT2D eigenvalue weighted by Crippen LogP contribution is -2.49. The predicted octanol–water partition coefficient (Wildman–Crippen LogP) is 3.42. The Kier molecular flexibility index (Phi) is 7.61. The van der Waals surface area contributed by atoms with E-state index in [0.717, 1.165) is 22.9 Å². The Morgan fingerprint density at radius 1 is 1.26 bits per heavy atom. The lowest BCUT2D eigenvalue weighted by atomic mass is 10.1. The summed E-state index contributed by atoms with van der Waals surface area (Å²) in [6.07, 6.45) is 0.272. The second kappa shape index (κ2) is 9.85. The number of rotatable bonds is 9. The molecule has 1 aromatic carbocycles. The van der Waals surface area contributed by atoms with Crippen LogP contribution in [-0.4, -0.2) is 42.0 Å². The summed E-state index contributed by atoms with van der Waals surface area (Å²) in [4.78, 5) is 4.08. The van der Waals surface area contributed by atoms with Gasteiger partial charge in [0.05, 0.1) is 12.3 Å². The summed E-state index contributed by atoms with van der Waals surface area (Å²) in [6.45, 7) is 4.29. The second-order valence-electron chi connectivity index (χ2n) is 7.16. The first-order chi connectivity index (χ1) is 14.6. The molecule has 1 aliphatic heterocycles. The average molecular weight is 494 g/mol. The Balaban J connectivity index is 1.68. The third-order valence-corrected chi connectivity index (χ3v) is 6.59. The van der Waals surface area contributed by atoms with Crippen molar-refractivity contribution in [3.05, 3.63) is 51.4 Å². The minimum atomic E-state index is -3.90. The van der Waals surface area contributed by atoms with Crippen LogP contribution in [0.2, 0.25) is 10.0 Å². The molecule has 0 saturated carbocycles. The van der Waals surface area contributed by atoms with Gasteiger partial charge in [-0.25, -0.2) is 9.37 Å². The van der Waals surface area contributed by atoms with Gasteiger partial charge in [-0.05, 0) is 32.4 Å². The summed E-state index contributed by atoms with van der Waals surface area (Å²) in [7, 11) is -3.90. The van der Waals surface area contributed by atoms with Gasteiger partial charge in [0.15, 0.2) is 0 Å². The molecule has 0 bridgehead atoms. The van der Waals surface area contributed by atoms with Crippen molar-refractivity contribution in [2.24, 2.45) is 0 Å². The molecule has 170 valence electrons. The van der Waals surface area contributed by atoms with Crippen LogP contribution in [0.4, 0.5) is 4.39 Å². The molecule has 0 radical (unpaired) electrons. The predicted molar refractivity (Wildman–Crippen MR) is 114 cm³/mol. The van der Waals surface area contributed by atoms with Crippen LogP contribution < -0.4 is 14.2 Å². The number of aliphatic hydroxyl groups is 1. The van der Waals surface area contributed by atoms with Crippen LogP contribution in [0.5, 0.6) is 11.6 Å². The average Bonchev–Trinajstić information content (AvgIpc) is 2.61. The highest BCUT2D eigenvalue weighted by molar-refractivity contribution is 7.87. The van der Waals surface area contributed by atoms with Crippen molar-refractivity contribution < 1.29 is 27.4 Å². The summed E-state index contributed by atoms with van der Waals surface area (Å²) in [6, 6.07) is 3.74. The van der Waals surface area contributed by atoms with Gasteiger partial charge in [0.1, 0.15) is 29.4 Å². The van der Waals surface area contributed by atoms with Crippen molar-refractivity contribution in [2.45, 2.75) is 39.2 Å². The van der Waals surface area contributed by atoms with E-state index < -0.39 is 22.3 Å². The molecule has 2 N–H and O–H groups in total. The van der Waals surface area contributed by atoms with Crippen LogP contribution >= 0.6 is 23.2 Å². The first-order valence-electron chi connectivity index (χ1n) is 9.45. The number of halogens is 3. The fourth-order valence-corrected chi connectivity index (χ4v) is 4.41. The standard InChI is InChI=1S/C19H22Cl2FN3O5S/c1-11(2)30-19-16(21)7-13(9-23-19)29-10-12-6-17(22)14(8-15(12)20)18(26)24-31(27,28)25-4-3-5-25/h6-9,11,18,24,26H,3-5,10H2,1-2H3. The first kappa shape index (κ1) is 24.0. The molecule has 0 amide bonds. The van der Waals surface area contributed by atoms with Gasteiger partial charge < -0.3 is 14.6 Å². The Hall–Kier alpha value is -1.69. The summed E-state index contributed by atoms with van der Waals surface area (Å²) in [5.74, 6) is -0.241. The van der Waals surface area contributed by atoms with E-state index in [9.17, 15) is 17.9 Å². The SMILES string of the molecule is CC(C)Oc1ncc(OCc2cc(F)c(C(O)NS(=O)(=O)N3CCC3)cc2Cl)cc1Cl. The fraction of sp³-hybridized carbons (Fsp3) is 0.421. The molecule has 2 aromatic rings. The zero-order valence-electron chi connectivity index (χ0n) is 16.8. The number of benzene rings is 1.